The summed E-state index contributed by atoms with van der Waals surface area (Å²) in [6.45, 7) is 2.81. The molecule has 0 aliphatic heterocycles. The highest BCUT2D eigenvalue weighted by Gasteiger charge is 2.23. The average Bonchev–Trinajstić information content (AvgIpc) is 2.73. The van der Waals surface area contributed by atoms with Gasteiger partial charge in [-0.3, -0.25) is 9.59 Å². The van der Waals surface area contributed by atoms with E-state index in [1.807, 2.05) is 0 Å². The molecule has 0 aliphatic carbocycles. The van der Waals surface area contributed by atoms with Crippen LogP contribution in [0.5, 0.6) is 0 Å². The first-order chi connectivity index (χ1) is 8.32. The first-order valence-corrected chi connectivity index (χ1v) is 6.02. The molecule has 6 nitrogen and oxygen atoms in total. The number of carboxylic acids is 1. The summed E-state index contributed by atoms with van der Waals surface area (Å²) in [6.07, 6.45) is 0. The summed E-state index contributed by atoms with van der Waals surface area (Å²) in [5.41, 5.74) is 0. The second kappa shape index (κ2) is 5.63. The minimum absolute atomic E-state index is 0.219. The number of carbonyl (C=O) groups excluding carboxylic acids is 2. The summed E-state index contributed by atoms with van der Waals surface area (Å²) in [4.78, 5) is 35.1. The van der Waals surface area contributed by atoms with Gasteiger partial charge in [-0.05, 0) is 19.1 Å². The third-order valence-corrected chi connectivity index (χ3v) is 3.36. The molecule has 1 unspecified atom stereocenters. The molecule has 0 saturated heterocycles. The van der Waals surface area contributed by atoms with Gasteiger partial charge in [-0.1, -0.05) is 0 Å². The molecule has 2 N–H and O–H groups in total. The largest absolute Gasteiger partial charge is 0.480 e. The quantitative estimate of drug-likeness (QED) is 0.862. The zero-order valence-electron chi connectivity index (χ0n) is 10.3. The van der Waals surface area contributed by atoms with Crippen molar-refractivity contribution in [2.24, 2.45) is 0 Å². The fourth-order valence-electron chi connectivity index (χ4n) is 1.21. The van der Waals surface area contributed by atoms with Crippen LogP contribution in [0.3, 0.4) is 0 Å². The molecule has 0 radical (unpaired) electrons. The van der Waals surface area contributed by atoms with Gasteiger partial charge in [0.05, 0.1) is 9.88 Å². The molecule has 1 rings (SSSR count). The van der Waals surface area contributed by atoms with Gasteiger partial charge in [0.25, 0.3) is 5.91 Å². The summed E-state index contributed by atoms with van der Waals surface area (Å²) in [5.74, 6) is -1.67. The summed E-state index contributed by atoms with van der Waals surface area (Å²) in [6, 6.07) is 2.27. The van der Waals surface area contributed by atoms with E-state index in [-0.39, 0.29) is 11.8 Å². The highest BCUT2D eigenvalue weighted by Crippen LogP contribution is 2.23. The summed E-state index contributed by atoms with van der Waals surface area (Å²) in [7, 11) is 1.43. The zero-order chi connectivity index (χ0) is 13.9. The molecular formula is C11H14N2O4S. The van der Waals surface area contributed by atoms with E-state index in [4.69, 9.17) is 5.11 Å². The van der Waals surface area contributed by atoms with Crippen molar-refractivity contribution in [3.8, 4) is 0 Å². The highest BCUT2D eigenvalue weighted by atomic mass is 32.1. The molecule has 18 heavy (non-hydrogen) atoms. The number of nitrogens with zero attached hydrogens (tertiary/aromatic N) is 1. The number of hydrogen-bond donors (Lipinski definition) is 2. The number of likely N-dealkylation sites (N-methyl/N-ethyl adjacent to an activating group) is 1. The van der Waals surface area contributed by atoms with E-state index in [9.17, 15) is 14.4 Å². The van der Waals surface area contributed by atoms with Crippen LogP contribution in [0.25, 0.3) is 0 Å². The Balaban J connectivity index is 2.81. The van der Waals surface area contributed by atoms with Crippen LogP contribution in [0.2, 0.25) is 0 Å². The van der Waals surface area contributed by atoms with E-state index in [0.29, 0.717) is 9.88 Å². The SMILES string of the molecule is CC(=O)Nc1ccc(C(=O)N(C)C(C)C(=O)O)s1. The second-order valence-electron chi connectivity index (χ2n) is 3.78. The number of anilines is 1. The number of amides is 2. The number of rotatable bonds is 4. The van der Waals surface area contributed by atoms with Gasteiger partial charge in [0.2, 0.25) is 5.91 Å². The number of aliphatic carboxylic acids is 1. The van der Waals surface area contributed by atoms with E-state index in [2.05, 4.69) is 5.32 Å². The fourth-order valence-corrected chi connectivity index (χ4v) is 2.14. The van der Waals surface area contributed by atoms with Crippen molar-refractivity contribution in [3.63, 3.8) is 0 Å². The summed E-state index contributed by atoms with van der Waals surface area (Å²) >= 11 is 1.11. The van der Waals surface area contributed by atoms with Crippen molar-refractivity contribution in [3.05, 3.63) is 17.0 Å². The van der Waals surface area contributed by atoms with Crippen LogP contribution >= 0.6 is 11.3 Å². The van der Waals surface area contributed by atoms with Gasteiger partial charge in [-0.2, -0.15) is 0 Å². The molecule has 2 amide bonds. The zero-order valence-corrected chi connectivity index (χ0v) is 11.1. The first kappa shape index (κ1) is 14.2. The van der Waals surface area contributed by atoms with Crippen LogP contribution in [0.1, 0.15) is 23.5 Å². The highest BCUT2D eigenvalue weighted by molar-refractivity contribution is 7.18. The molecule has 0 aliphatic rings. The van der Waals surface area contributed by atoms with E-state index in [1.54, 1.807) is 12.1 Å². The number of carboxylic acid groups (broad SMARTS) is 1. The molecule has 0 fully saturated rings. The minimum atomic E-state index is -1.07. The van der Waals surface area contributed by atoms with Crippen LogP contribution in [0.15, 0.2) is 12.1 Å². The smallest absolute Gasteiger partial charge is 0.326 e. The fraction of sp³-hybridized carbons (Fsp3) is 0.364. The second-order valence-corrected chi connectivity index (χ2v) is 4.86. The van der Waals surface area contributed by atoms with Crippen molar-refractivity contribution in [1.29, 1.82) is 0 Å². The number of carbonyl (C=O) groups is 3. The van der Waals surface area contributed by atoms with Gasteiger partial charge in [0.15, 0.2) is 0 Å². The third-order valence-electron chi connectivity index (χ3n) is 2.37. The van der Waals surface area contributed by atoms with E-state index in [0.717, 1.165) is 16.2 Å². The third kappa shape index (κ3) is 3.30. The predicted molar refractivity (Wildman–Crippen MR) is 67.8 cm³/mol. The molecule has 7 heteroatoms. The predicted octanol–water partition coefficient (Wildman–Crippen LogP) is 1.25. The van der Waals surface area contributed by atoms with Crippen LogP contribution in [-0.2, 0) is 9.59 Å². The Hall–Kier alpha value is -1.89. The molecule has 98 valence electrons. The average molecular weight is 270 g/mol. The van der Waals surface area contributed by atoms with Gasteiger partial charge in [-0.25, -0.2) is 4.79 Å². The molecular weight excluding hydrogens is 256 g/mol. The van der Waals surface area contributed by atoms with Gasteiger partial charge in [0, 0.05) is 14.0 Å². The topological polar surface area (TPSA) is 86.7 Å². The number of hydrogen-bond acceptors (Lipinski definition) is 4. The van der Waals surface area contributed by atoms with Crippen molar-refractivity contribution >= 4 is 34.1 Å². The van der Waals surface area contributed by atoms with Gasteiger partial charge < -0.3 is 15.3 Å². The molecule has 1 aromatic rings. The lowest BCUT2D eigenvalue weighted by Crippen LogP contribution is -2.39. The van der Waals surface area contributed by atoms with Gasteiger partial charge in [0.1, 0.15) is 6.04 Å². The summed E-state index contributed by atoms with van der Waals surface area (Å²) < 4.78 is 0. The van der Waals surface area contributed by atoms with Crippen molar-refractivity contribution in [2.75, 3.05) is 12.4 Å². The monoisotopic (exact) mass is 270 g/mol. The molecule has 1 aromatic heterocycles. The number of nitrogens with one attached hydrogen (secondary N) is 1. The van der Waals surface area contributed by atoms with E-state index in [1.165, 1.54) is 20.9 Å². The Morgan fingerprint density at radius 2 is 2.00 bits per heavy atom. The molecule has 0 spiro atoms. The van der Waals surface area contributed by atoms with Crippen molar-refractivity contribution < 1.29 is 19.5 Å². The maximum Gasteiger partial charge on any atom is 0.326 e. The normalized spacial score (nSPS) is 11.7. The van der Waals surface area contributed by atoms with Crippen LogP contribution in [0, 0.1) is 0 Å². The Morgan fingerprint density at radius 3 is 2.50 bits per heavy atom. The van der Waals surface area contributed by atoms with E-state index < -0.39 is 12.0 Å². The molecule has 0 saturated carbocycles. The van der Waals surface area contributed by atoms with Crippen molar-refractivity contribution in [2.45, 2.75) is 19.9 Å². The van der Waals surface area contributed by atoms with Gasteiger partial charge >= 0.3 is 5.97 Å². The minimum Gasteiger partial charge on any atom is -0.480 e. The number of thiophene rings is 1. The summed E-state index contributed by atoms with van der Waals surface area (Å²) in [5, 5.41) is 11.9. The molecule has 0 bridgehead atoms. The maximum atomic E-state index is 11.9. The molecule has 1 atom stereocenters. The Kier molecular flexibility index (Phi) is 4.43. The van der Waals surface area contributed by atoms with Crippen molar-refractivity contribution in [1.82, 2.24) is 4.90 Å². The lowest BCUT2D eigenvalue weighted by molar-refractivity contribution is -0.141. The first-order valence-electron chi connectivity index (χ1n) is 5.20. The van der Waals surface area contributed by atoms with Gasteiger partial charge in [-0.15, -0.1) is 11.3 Å². The lowest BCUT2D eigenvalue weighted by atomic mass is 10.3. The lowest BCUT2D eigenvalue weighted by Gasteiger charge is -2.20. The standard InChI is InChI=1S/C11H14N2O4S/c1-6(11(16)17)13(3)10(15)8-4-5-9(18-8)12-7(2)14/h4-6H,1-3H3,(H,12,14)(H,16,17). The Labute approximate surface area is 108 Å². The van der Waals surface area contributed by atoms with Crippen LogP contribution in [-0.4, -0.2) is 40.9 Å². The Bertz CT molecular complexity index is 483. The molecule has 0 aromatic carbocycles. The Morgan fingerprint density at radius 1 is 1.39 bits per heavy atom. The van der Waals surface area contributed by atoms with E-state index >= 15 is 0 Å². The van der Waals surface area contributed by atoms with Crippen LogP contribution in [0.4, 0.5) is 5.00 Å². The molecule has 1 heterocycles. The van der Waals surface area contributed by atoms with Crippen LogP contribution < -0.4 is 5.32 Å². The maximum absolute atomic E-state index is 11.9.